The minimum atomic E-state index is -0.336. The molecule has 32 heavy (non-hydrogen) atoms. The molecule has 0 aliphatic carbocycles. The molecule has 1 unspecified atom stereocenters. The molecule has 0 aliphatic heterocycles. The van der Waals surface area contributed by atoms with Gasteiger partial charge in [0.1, 0.15) is 11.8 Å². The van der Waals surface area contributed by atoms with Gasteiger partial charge in [-0.05, 0) is 46.6 Å². The standard InChI is InChI=1S/C26H34ClN3O2/c1-25(2,3)15-18(17-10-11-23(31)20(14-17)26(4,5)6)24(32)30-13-12-29-22-9-7-8-21(27)19(22)16-28/h7-11,14,18,29,31H,12-13,15H2,1-6H3,(H,30,32). The largest absolute Gasteiger partial charge is 0.508 e. The lowest BCUT2D eigenvalue weighted by Crippen LogP contribution is -2.34. The van der Waals surface area contributed by atoms with Crippen LogP contribution in [-0.2, 0) is 10.2 Å². The zero-order valence-corrected chi connectivity index (χ0v) is 20.6. The molecule has 172 valence electrons. The summed E-state index contributed by atoms with van der Waals surface area (Å²) in [5.41, 5.74) is 2.48. The van der Waals surface area contributed by atoms with E-state index in [0.717, 1.165) is 11.1 Å². The molecule has 3 N–H and O–H groups in total. The van der Waals surface area contributed by atoms with E-state index >= 15 is 0 Å². The van der Waals surface area contributed by atoms with Crippen LogP contribution in [0.1, 0.15) is 70.6 Å². The maximum absolute atomic E-state index is 13.2. The number of anilines is 1. The van der Waals surface area contributed by atoms with Crippen LogP contribution in [0.25, 0.3) is 0 Å². The van der Waals surface area contributed by atoms with E-state index in [1.165, 1.54) is 0 Å². The first-order chi connectivity index (χ1) is 14.8. The van der Waals surface area contributed by atoms with Crippen molar-refractivity contribution in [3.05, 3.63) is 58.1 Å². The van der Waals surface area contributed by atoms with Crippen molar-refractivity contribution in [1.82, 2.24) is 5.32 Å². The smallest absolute Gasteiger partial charge is 0.227 e. The monoisotopic (exact) mass is 455 g/mol. The Balaban J connectivity index is 2.14. The summed E-state index contributed by atoms with van der Waals surface area (Å²) in [6, 6.07) is 12.8. The van der Waals surface area contributed by atoms with Gasteiger partial charge in [0.15, 0.2) is 0 Å². The van der Waals surface area contributed by atoms with Gasteiger partial charge in [-0.1, -0.05) is 71.3 Å². The molecule has 6 heteroatoms. The van der Waals surface area contributed by atoms with Crippen LogP contribution >= 0.6 is 11.6 Å². The van der Waals surface area contributed by atoms with E-state index < -0.39 is 0 Å². The molecule has 0 spiro atoms. The second-order valence-corrected chi connectivity index (χ2v) is 10.7. The number of halogens is 1. The molecule has 0 saturated heterocycles. The number of rotatable bonds is 7. The molecular weight excluding hydrogens is 422 g/mol. The first-order valence-corrected chi connectivity index (χ1v) is 11.2. The Morgan fingerprint density at radius 3 is 2.41 bits per heavy atom. The predicted molar refractivity (Wildman–Crippen MR) is 131 cm³/mol. The number of benzene rings is 2. The van der Waals surface area contributed by atoms with Crippen LogP contribution in [0.4, 0.5) is 5.69 Å². The molecule has 2 rings (SSSR count). The van der Waals surface area contributed by atoms with Crippen LogP contribution in [-0.4, -0.2) is 24.1 Å². The zero-order valence-electron chi connectivity index (χ0n) is 19.8. The van der Waals surface area contributed by atoms with Crippen LogP contribution in [0.3, 0.4) is 0 Å². The molecule has 0 aromatic heterocycles. The van der Waals surface area contributed by atoms with Gasteiger partial charge in [0.2, 0.25) is 5.91 Å². The molecule has 0 radical (unpaired) electrons. The quantitative estimate of drug-likeness (QED) is 0.449. The van der Waals surface area contributed by atoms with Gasteiger partial charge in [0.05, 0.1) is 22.2 Å². The maximum atomic E-state index is 13.2. The maximum Gasteiger partial charge on any atom is 0.227 e. The molecular formula is C26H34ClN3O2. The fourth-order valence-electron chi connectivity index (χ4n) is 3.64. The van der Waals surface area contributed by atoms with Gasteiger partial charge in [0.25, 0.3) is 0 Å². The molecule has 1 amide bonds. The average molecular weight is 456 g/mol. The topological polar surface area (TPSA) is 85.2 Å². The fraction of sp³-hybridized carbons (Fsp3) is 0.462. The van der Waals surface area contributed by atoms with E-state index in [4.69, 9.17) is 11.6 Å². The van der Waals surface area contributed by atoms with Gasteiger partial charge in [-0.25, -0.2) is 0 Å². The average Bonchev–Trinajstić information content (AvgIpc) is 2.68. The van der Waals surface area contributed by atoms with Gasteiger partial charge < -0.3 is 15.7 Å². The van der Waals surface area contributed by atoms with E-state index in [1.807, 2.05) is 32.9 Å². The second-order valence-electron chi connectivity index (χ2n) is 10.3. The Labute approximate surface area is 196 Å². The van der Waals surface area contributed by atoms with Crippen molar-refractivity contribution < 1.29 is 9.90 Å². The number of nitrogens with zero attached hydrogens (tertiary/aromatic N) is 1. The predicted octanol–water partition coefficient (Wildman–Crippen LogP) is 5.96. The number of phenols is 1. The van der Waals surface area contributed by atoms with Crippen LogP contribution in [0.5, 0.6) is 5.75 Å². The van der Waals surface area contributed by atoms with E-state index in [0.29, 0.717) is 35.8 Å². The minimum absolute atomic E-state index is 0.0531. The normalized spacial score (nSPS) is 12.7. The highest BCUT2D eigenvalue weighted by Crippen LogP contribution is 2.37. The van der Waals surface area contributed by atoms with E-state index in [1.54, 1.807) is 24.3 Å². The number of nitriles is 1. The number of hydrogen-bond acceptors (Lipinski definition) is 4. The number of amides is 1. The molecule has 1 atom stereocenters. The van der Waals surface area contributed by atoms with Gasteiger partial charge in [-0.3, -0.25) is 4.79 Å². The van der Waals surface area contributed by atoms with Crippen molar-refractivity contribution in [1.29, 1.82) is 5.26 Å². The first-order valence-electron chi connectivity index (χ1n) is 10.9. The van der Waals surface area contributed by atoms with Crippen molar-refractivity contribution >= 4 is 23.2 Å². The third kappa shape index (κ3) is 6.90. The number of aromatic hydroxyl groups is 1. The fourth-order valence-corrected chi connectivity index (χ4v) is 3.85. The van der Waals surface area contributed by atoms with Gasteiger partial charge >= 0.3 is 0 Å². The molecule has 0 aliphatic rings. The molecule has 0 bridgehead atoms. The van der Waals surface area contributed by atoms with Crippen LogP contribution in [0, 0.1) is 16.7 Å². The van der Waals surface area contributed by atoms with Gasteiger partial charge in [-0.2, -0.15) is 5.26 Å². The van der Waals surface area contributed by atoms with E-state index in [-0.39, 0.29) is 28.4 Å². The summed E-state index contributed by atoms with van der Waals surface area (Å²) in [6.45, 7) is 13.3. The van der Waals surface area contributed by atoms with Crippen molar-refractivity contribution in [2.24, 2.45) is 5.41 Å². The second kappa shape index (κ2) is 10.3. The number of nitrogens with one attached hydrogen (secondary N) is 2. The van der Waals surface area contributed by atoms with E-state index in [2.05, 4.69) is 37.5 Å². The lowest BCUT2D eigenvalue weighted by atomic mass is 9.78. The third-order valence-electron chi connectivity index (χ3n) is 5.23. The summed E-state index contributed by atoms with van der Waals surface area (Å²) in [4.78, 5) is 13.2. The lowest BCUT2D eigenvalue weighted by Gasteiger charge is -2.28. The Bertz CT molecular complexity index is 998. The highest BCUT2D eigenvalue weighted by Gasteiger charge is 2.28. The highest BCUT2D eigenvalue weighted by atomic mass is 35.5. The minimum Gasteiger partial charge on any atom is -0.508 e. The van der Waals surface area contributed by atoms with Crippen LogP contribution in [0.15, 0.2) is 36.4 Å². The molecule has 2 aromatic carbocycles. The van der Waals surface area contributed by atoms with Crippen molar-refractivity contribution in [3.63, 3.8) is 0 Å². The molecule has 0 fully saturated rings. The molecule has 0 heterocycles. The number of carbonyl (C=O) groups excluding carboxylic acids is 1. The Kier molecular flexibility index (Phi) is 8.20. The van der Waals surface area contributed by atoms with Crippen molar-refractivity contribution in [3.8, 4) is 11.8 Å². The summed E-state index contributed by atoms with van der Waals surface area (Å²) >= 11 is 6.07. The first kappa shape index (κ1) is 25.5. The highest BCUT2D eigenvalue weighted by molar-refractivity contribution is 6.32. The van der Waals surface area contributed by atoms with Crippen LogP contribution in [0.2, 0.25) is 5.02 Å². The Morgan fingerprint density at radius 1 is 1.12 bits per heavy atom. The Hall–Kier alpha value is -2.71. The summed E-state index contributed by atoms with van der Waals surface area (Å²) in [5.74, 6) is -0.147. The summed E-state index contributed by atoms with van der Waals surface area (Å²) in [6.07, 6.45) is 0.674. The van der Waals surface area contributed by atoms with Gasteiger partial charge in [0, 0.05) is 13.1 Å². The summed E-state index contributed by atoms with van der Waals surface area (Å²) in [5, 5.41) is 26.2. The number of phenolic OH excluding ortho intramolecular Hbond substituents is 1. The molecule has 2 aromatic rings. The van der Waals surface area contributed by atoms with E-state index in [9.17, 15) is 15.2 Å². The number of hydrogen-bond donors (Lipinski definition) is 3. The van der Waals surface area contributed by atoms with Gasteiger partial charge in [-0.15, -0.1) is 0 Å². The number of carbonyl (C=O) groups is 1. The Morgan fingerprint density at radius 2 is 1.81 bits per heavy atom. The van der Waals surface area contributed by atoms with Crippen molar-refractivity contribution in [2.45, 2.75) is 59.3 Å². The summed E-state index contributed by atoms with van der Waals surface area (Å²) < 4.78 is 0. The zero-order chi connectivity index (χ0) is 24.1. The molecule has 5 nitrogen and oxygen atoms in total. The lowest BCUT2D eigenvalue weighted by molar-refractivity contribution is -0.123. The molecule has 0 saturated carbocycles. The SMILES string of the molecule is CC(C)(C)CC(C(=O)NCCNc1cccc(Cl)c1C#N)c1ccc(O)c(C(C)(C)C)c1. The third-order valence-corrected chi connectivity index (χ3v) is 5.54. The van der Waals surface area contributed by atoms with Crippen molar-refractivity contribution in [2.75, 3.05) is 18.4 Å². The summed E-state index contributed by atoms with van der Waals surface area (Å²) in [7, 11) is 0. The van der Waals surface area contributed by atoms with Crippen LogP contribution < -0.4 is 10.6 Å².